The van der Waals surface area contributed by atoms with Crippen molar-refractivity contribution in [3.63, 3.8) is 0 Å². The number of ether oxygens (including phenoxy) is 1. The molecule has 2 fully saturated rings. The van der Waals surface area contributed by atoms with Crippen LogP contribution < -0.4 is 21.3 Å². The van der Waals surface area contributed by atoms with Crippen molar-refractivity contribution in [1.82, 2.24) is 5.32 Å². The van der Waals surface area contributed by atoms with E-state index in [0.29, 0.717) is 38.4 Å². The van der Waals surface area contributed by atoms with Crippen LogP contribution in [0.15, 0.2) is 18.2 Å². The maximum absolute atomic E-state index is 13.2. The fourth-order valence-corrected chi connectivity index (χ4v) is 4.03. The zero-order valence-electron chi connectivity index (χ0n) is 16.6. The summed E-state index contributed by atoms with van der Waals surface area (Å²) in [6, 6.07) is 3.14. The van der Waals surface area contributed by atoms with Crippen LogP contribution in [0.3, 0.4) is 0 Å². The number of hydrogen-bond acceptors (Lipinski definition) is 5. The smallest absolute Gasteiger partial charge is 0.378 e. The lowest BCUT2D eigenvalue weighted by Gasteiger charge is -2.31. The molecule has 1 aliphatic heterocycles. The van der Waals surface area contributed by atoms with Crippen LogP contribution in [0.25, 0.3) is 0 Å². The van der Waals surface area contributed by atoms with Crippen molar-refractivity contribution >= 4 is 23.2 Å². The number of nitrogens with one attached hydrogen (secondary N) is 2. The summed E-state index contributed by atoms with van der Waals surface area (Å²) in [5.41, 5.74) is 5.24. The minimum Gasteiger partial charge on any atom is -0.378 e. The number of carbonyl (C=O) groups is 2. The molecule has 3 rings (SSSR count). The Morgan fingerprint density at radius 1 is 1.17 bits per heavy atom. The van der Waals surface area contributed by atoms with Crippen molar-refractivity contribution in [3.05, 3.63) is 23.8 Å². The van der Waals surface area contributed by atoms with Crippen molar-refractivity contribution in [2.75, 3.05) is 43.1 Å². The summed E-state index contributed by atoms with van der Waals surface area (Å²) in [6.07, 6.45) is -1.28. The van der Waals surface area contributed by atoms with Crippen LogP contribution in [0, 0.1) is 5.92 Å². The highest BCUT2D eigenvalue weighted by atomic mass is 19.4. The quantitative estimate of drug-likeness (QED) is 0.645. The summed E-state index contributed by atoms with van der Waals surface area (Å²) in [5, 5.41) is 5.65. The van der Waals surface area contributed by atoms with Crippen molar-refractivity contribution < 1.29 is 27.5 Å². The molecule has 1 aromatic carbocycles. The van der Waals surface area contributed by atoms with Gasteiger partial charge in [0, 0.05) is 19.1 Å². The average Bonchev–Trinajstić information content (AvgIpc) is 2.72. The zero-order chi connectivity index (χ0) is 21.7. The van der Waals surface area contributed by atoms with Crippen molar-refractivity contribution in [3.8, 4) is 0 Å². The van der Waals surface area contributed by atoms with Crippen LogP contribution in [0.1, 0.15) is 31.2 Å². The van der Waals surface area contributed by atoms with Crippen LogP contribution >= 0.6 is 0 Å². The van der Waals surface area contributed by atoms with Crippen LogP contribution in [0.2, 0.25) is 0 Å². The number of morpholine rings is 1. The summed E-state index contributed by atoms with van der Waals surface area (Å²) >= 11 is 0. The molecule has 2 atom stereocenters. The largest absolute Gasteiger partial charge is 0.416 e. The third-order valence-electron chi connectivity index (χ3n) is 5.61. The van der Waals surface area contributed by atoms with Gasteiger partial charge >= 0.3 is 6.18 Å². The number of nitrogens with two attached hydrogens (primary N) is 1. The lowest BCUT2D eigenvalue weighted by atomic mass is 9.84. The molecule has 0 radical (unpaired) electrons. The number of alkyl halides is 3. The Hall–Kier alpha value is -2.33. The normalized spacial score (nSPS) is 22.6. The monoisotopic (exact) mass is 428 g/mol. The van der Waals surface area contributed by atoms with Gasteiger partial charge in [0.15, 0.2) is 0 Å². The predicted octanol–water partition coefficient (Wildman–Crippen LogP) is 2.11. The number of anilines is 2. The van der Waals surface area contributed by atoms with E-state index in [4.69, 9.17) is 10.5 Å². The molecule has 0 bridgehead atoms. The number of nitrogens with zero attached hydrogens (tertiary/aromatic N) is 1. The van der Waals surface area contributed by atoms with E-state index >= 15 is 0 Å². The van der Waals surface area contributed by atoms with Gasteiger partial charge in [-0.1, -0.05) is 12.8 Å². The highest BCUT2D eigenvalue weighted by Crippen LogP contribution is 2.35. The molecule has 1 heterocycles. The van der Waals surface area contributed by atoms with E-state index < -0.39 is 23.6 Å². The standard InChI is InChI=1S/C20H27F3N4O3/c21-20(22,23)13-5-6-17(27-7-9-30-10-8-27)16(11-13)26-18(28)12-25-15-4-2-1-3-14(15)19(24)29/h5-6,11,14-15,25H,1-4,7-10,12H2,(H2,24,29)(H,26,28)/t14-,15-/m0/s1. The average molecular weight is 428 g/mol. The van der Waals surface area contributed by atoms with Crippen LogP contribution in [-0.4, -0.2) is 50.7 Å². The Labute approximate surface area is 173 Å². The van der Waals surface area contributed by atoms with Crippen molar-refractivity contribution in [2.24, 2.45) is 11.7 Å². The topological polar surface area (TPSA) is 96.7 Å². The molecule has 0 spiro atoms. The van der Waals surface area contributed by atoms with Gasteiger partial charge in [-0.3, -0.25) is 9.59 Å². The van der Waals surface area contributed by atoms with Crippen LogP contribution in [0.5, 0.6) is 0 Å². The zero-order valence-corrected chi connectivity index (χ0v) is 16.6. The molecule has 10 heteroatoms. The van der Waals surface area contributed by atoms with Crippen LogP contribution in [0.4, 0.5) is 24.5 Å². The Morgan fingerprint density at radius 3 is 2.53 bits per heavy atom. The van der Waals surface area contributed by atoms with E-state index in [1.807, 2.05) is 4.90 Å². The lowest BCUT2D eigenvalue weighted by Crippen LogP contribution is -2.47. The minimum atomic E-state index is -4.52. The van der Waals surface area contributed by atoms with Gasteiger partial charge in [0.25, 0.3) is 0 Å². The van der Waals surface area contributed by atoms with Gasteiger partial charge in [0.05, 0.1) is 42.6 Å². The maximum atomic E-state index is 13.2. The molecule has 166 valence electrons. The van der Waals surface area contributed by atoms with E-state index in [9.17, 15) is 22.8 Å². The molecule has 1 saturated carbocycles. The summed E-state index contributed by atoms with van der Waals surface area (Å²) in [7, 11) is 0. The highest BCUT2D eigenvalue weighted by Gasteiger charge is 2.32. The molecule has 2 aliphatic rings. The molecule has 1 aromatic rings. The van der Waals surface area contributed by atoms with Gasteiger partial charge < -0.3 is 26.0 Å². The molecule has 7 nitrogen and oxygen atoms in total. The first-order chi connectivity index (χ1) is 14.3. The summed E-state index contributed by atoms with van der Waals surface area (Å²) in [4.78, 5) is 26.0. The summed E-state index contributed by atoms with van der Waals surface area (Å²) in [6.45, 7) is 1.86. The van der Waals surface area contributed by atoms with Crippen molar-refractivity contribution in [1.29, 1.82) is 0 Å². The molecular weight excluding hydrogens is 401 g/mol. The number of rotatable bonds is 6. The molecular formula is C20H27F3N4O3. The Balaban J connectivity index is 1.71. The molecule has 0 unspecified atom stereocenters. The lowest BCUT2D eigenvalue weighted by molar-refractivity contribution is -0.137. The van der Waals surface area contributed by atoms with E-state index in [2.05, 4.69) is 10.6 Å². The number of carbonyl (C=O) groups excluding carboxylic acids is 2. The first-order valence-electron chi connectivity index (χ1n) is 10.1. The van der Waals surface area contributed by atoms with Gasteiger partial charge in [-0.05, 0) is 31.0 Å². The van der Waals surface area contributed by atoms with E-state index in [-0.39, 0.29) is 24.2 Å². The molecule has 30 heavy (non-hydrogen) atoms. The van der Waals surface area contributed by atoms with Crippen LogP contribution in [-0.2, 0) is 20.5 Å². The molecule has 0 aromatic heterocycles. The third-order valence-corrected chi connectivity index (χ3v) is 5.61. The van der Waals surface area contributed by atoms with Gasteiger partial charge in [-0.15, -0.1) is 0 Å². The second kappa shape index (κ2) is 9.65. The first kappa shape index (κ1) is 22.4. The Bertz CT molecular complexity index is 766. The summed E-state index contributed by atoms with van der Waals surface area (Å²) in [5.74, 6) is -1.22. The number of benzene rings is 1. The Kier molecular flexibility index (Phi) is 7.19. The van der Waals surface area contributed by atoms with Gasteiger partial charge in [-0.25, -0.2) is 0 Å². The second-order valence-corrected chi connectivity index (χ2v) is 7.66. The fourth-order valence-electron chi connectivity index (χ4n) is 4.03. The maximum Gasteiger partial charge on any atom is 0.416 e. The van der Waals surface area contributed by atoms with Crippen molar-refractivity contribution in [2.45, 2.75) is 37.9 Å². The molecule has 2 amide bonds. The summed E-state index contributed by atoms with van der Waals surface area (Å²) < 4.78 is 44.9. The fraction of sp³-hybridized carbons (Fsp3) is 0.600. The SMILES string of the molecule is NC(=O)[C@H]1CCCC[C@@H]1NCC(=O)Nc1cc(C(F)(F)F)ccc1N1CCOCC1. The van der Waals surface area contributed by atoms with Gasteiger partial charge in [-0.2, -0.15) is 13.2 Å². The molecule has 1 aliphatic carbocycles. The Morgan fingerprint density at radius 2 is 1.87 bits per heavy atom. The molecule has 4 N–H and O–H groups in total. The number of hydrogen-bond donors (Lipinski definition) is 3. The number of halogens is 3. The van der Waals surface area contributed by atoms with E-state index in [1.165, 1.54) is 6.07 Å². The second-order valence-electron chi connectivity index (χ2n) is 7.66. The minimum absolute atomic E-state index is 0.105. The van der Waals surface area contributed by atoms with E-state index in [0.717, 1.165) is 31.4 Å². The molecule has 1 saturated heterocycles. The highest BCUT2D eigenvalue weighted by molar-refractivity contribution is 5.96. The van der Waals surface area contributed by atoms with E-state index in [1.54, 1.807) is 0 Å². The van der Waals surface area contributed by atoms with Gasteiger partial charge in [0.2, 0.25) is 11.8 Å². The number of primary amides is 1. The first-order valence-corrected chi connectivity index (χ1v) is 10.1. The predicted molar refractivity (Wildman–Crippen MR) is 106 cm³/mol. The van der Waals surface area contributed by atoms with Gasteiger partial charge in [0.1, 0.15) is 0 Å². The third kappa shape index (κ3) is 5.63. The number of amides is 2.